The standard InChI is InChI=1S/C22H42N2/c1-4-6-8-10-12-14-16-18-22(24,21(3)20-23)19-17-15-13-11-9-7-5-2/h3-19,24H2,1-2H3. The minimum absolute atomic E-state index is 0.457. The lowest BCUT2D eigenvalue weighted by Crippen LogP contribution is -2.41. The fourth-order valence-corrected chi connectivity index (χ4v) is 3.33. The van der Waals surface area contributed by atoms with Gasteiger partial charge in [-0.25, -0.2) is 0 Å². The summed E-state index contributed by atoms with van der Waals surface area (Å²) >= 11 is 0. The van der Waals surface area contributed by atoms with Crippen molar-refractivity contribution in [1.29, 1.82) is 5.26 Å². The molecule has 0 fully saturated rings. The second-order valence-corrected chi connectivity index (χ2v) is 7.49. The van der Waals surface area contributed by atoms with Gasteiger partial charge in [-0.3, -0.25) is 0 Å². The van der Waals surface area contributed by atoms with Gasteiger partial charge in [0.15, 0.2) is 0 Å². The summed E-state index contributed by atoms with van der Waals surface area (Å²) in [5, 5.41) is 9.24. The Hall–Kier alpha value is -0.810. The molecule has 2 N–H and O–H groups in total. The number of nitriles is 1. The van der Waals surface area contributed by atoms with Crippen molar-refractivity contribution in [3.63, 3.8) is 0 Å². The van der Waals surface area contributed by atoms with Crippen LogP contribution in [0.3, 0.4) is 0 Å². The molecule has 0 aliphatic rings. The quantitative estimate of drug-likeness (QED) is 0.229. The van der Waals surface area contributed by atoms with Crippen molar-refractivity contribution in [2.24, 2.45) is 5.73 Å². The van der Waals surface area contributed by atoms with Crippen molar-refractivity contribution < 1.29 is 0 Å². The van der Waals surface area contributed by atoms with Gasteiger partial charge in [-0.15, -0.1) is 0 Å². The van der Waals surface area contributed by atoms with Gasteiger partial charge in [0.2, 0.25) is 0 Å². The zero-order valence-corrected chi connectivity index (χ0v) is 16.5. The van der Waals surface area contributed by atoms with Gasteiger partial charge in [0, 0.05) is 5.57 Å². The number of nitrogens with zero attached hydrogens (tertiary/aromatic N) is 1. The Morgan fingerprint density at radius 3 is 1.42 bits per heavy atom. The van der Waals surface area contributed by atoms with Gasteiger partial charge in [0.05, 0.1) is 11.6 Å². The lowest BCUT2D eigenvalue weighted by atomic mass is 9.82. The van der Waals surface area contributed by atoms with Crippen LogP contribution < -0.4 is 5.73 Å². The summed E-state index contributed by atoms with van der Waals surface area (Å²) in [5.74, 6) is 0. The topological polar surface area (TPSA) is 49.8 Å². The van der Waals surface area contributed by atoms with Gasteiger partial charge in [-0.2, -0.15) is 5.26 Å². The van der Waals surface area contributed by atoms with Crippen LogP contribution in [0.25, 0.3) is 0 Å². The fraction of sp³-hybridized carbons (Fsp3) is 0.864. The van der Waals surface area contributed by atoms with Crippen LogP contribution in [0.15, 0.2) is 12.2 Å². The maximum Gasteiger partial charge on any atom is 0.0960 e. The number of rotatable bonds is 17. The Labute approximate surface area is 151 Å². The predicted octanol–water partition coefficient (Wildman–Crippen LogP) is 7.05. The summed E-state index contributed by atoms with van der Waals surface area (Å²) in [6.45, 7) is 8.44. The lowest BCUT2D eigenvalue weighted by Gasteiger charge is -2.28. The van der Waals surface area contributed by atoms with Gasteiger partial charge in [-0.1, -0.05) is 110 Å². The normalized spacial score (nSPS) is 11.4. The van der Waals surface area contributed by atoms with E-state index in [4.69, 9.17) is 5.73 Å². The van der Waals surface area contributed by atoms with E-state index in [0.717, 1.165) is 25.7 Å². The van der Waals surface area contributed by atoms with Gasteiger partial charge in [0.25, 0.3) is 0 Å². The smallest absolute Gasteiger partial charge is 0.0960 e. The fourth-order valence-electron chi connectivity index (χ4n) is 3.33. The number of unbranched alkanes of at least 4 members (excludes halogenated alkanes) is 12. The van der Waals surface area contributed by atoms with E-state index in [1.807, 2.05) is 0 Å². The van der Waals surface area contributed by atoms with Crippen LogP contribution in [-0.2, 0) is 0 Å². The Balaban J connectivity index is 3.96. The third kappa shape index (κ3) is 11.7. The van der Waals surface area contributed by atoms with Gasteiger partial charge in [-0.05, 0) is 12.8 Å². The molecule has 0 spiro atoms. The van der Waals surface area contributed by atoms with Crippen LogP contribution in [0, 0.1) is 11.3 Å². The first-order valence-corrected chi connectivity index (χ1v) is 10.5. The third-order valence-electron chi connectivity index (χ3n) is 5.19. The molecular weight excluding hydrogens is 292 g/mol. The maximum atomic E-state index is 9.24. The Bertz CT molecular complexity index is 322. The molecule has 0 rings (SSSR count). The maximum absolute atomic E-state index is 9.24. The first-order chi connectivity index (χ1) is 11.6. The van der Waals surface area contributed by atoms with E-state index < -0.39 is 5.54 Å². The molecule has 0 saturated heterocycles. The van der Waals surface area contributed by atoms with Crippen LogP contribution >= 0.6 is 0 Å². The average Bonchev–Trinajstić information content (AvgIpc) is 2.59. The minimum Gasteiger partial charge on any atom is -0.321 e. The molecule has 2 heteroatoms. The van der Waals surface area contributed by atoms with Crippen LogP contribution in [0.4, 0.5) is 0 Å². The Morgan fingerprint density at radius 1 is 0.750 bits per heavy atom. The summed E-state index contributed by atoms with van der Waals surface area (Å²) in [6.07, 6.45) is 19.8. The molecule has 0 saturated carbocycles. The molecule has 0 aromatic rings. The summed E-state index contributed by atoms with van der Waals surface area (Å²) in [6, 6.07) is 2.22. The van der Waals surface area contributed by atoms with E-state index in [1.165, 1.54) is 77.0 Å². The third-order valence-corrected chi connectivity index (χ3v) is 5.19. The highest BCUT2D eigenvalue weighted by Gasteiger charge is 2.27. The van der Waals surface area contributed by atoms with E-state index in [0.29, 0.717) is 5.57 Å². The van der Waals surface area contributed by atoms with E-state index in [1.54, 1.807) is 0 Å². The van der Waals surface area contributed by atoms with Crippen LogP contribution in [0.5, 0.6) is 0 Å². The van der Waals surface area contributed by atoms with Gasteiger partial charge < -0.3 is 5.73 Å². The molecule has 0 aromatic heterocycles. The molecule has 0 radical (unpaired) electrons. The second-order valence-electron chi connectivity index (χ2n) is 7.49. The molecule has 2 nitrogen and oxygen atoms in total. The largest absolute Gasteiger partial charge is 0.321 e. The van der Waals surface area contributed by atoms with Gasteiger partial charge >= 0.3 is 0 Å². The van der Waals surface area contributed by atoms with Crippen molar-refractivity contribution in [3.8, 4) is 6.07 Å². The molecule has 0 unspecified atom stereocenters. The van der Waals surface area contributed by atoms with E-state index in [-0.39, 0.29) is 0 Å². The molecule has 24 heavy (non-hydrogen) atoms. The van der Waals surface area contributed by atoms with Crippen LogP contribution in [-0.4, -0.2) is 5.54 Å². The van der Waals surface area contributed by atoms with E-state index in [9.17, 15) is 5.26 Å². The highest BCUT2D eigenvalue weighted by atomic mass is 14.7. The molecule has 0 amide bonds. The van der Waals surface area contributed by atoms with E-state index in [2.05, 4.69) is 26.5 Å². The van der Waals surface area contributed by atoms with Crippen molar-refractivity contribution in [2.45, 2.75) is 122 Å². The average molecular weight is 335 g/mol. The monoisotopic (exact) mass is 334 g/mol. The summed E-state index contributed by atoms with van der Waals surface area (Å²) < 4.78 is 0. The number of nitrogens with two attached hydrogens (primary N) is 1. The molecular formula is C22H42N2. The molecule has 0 heterocycles. The highest BCUT2D eigenvalue weighted by molar-refractivity contribution is 5.29. The molecule has 0 aromatic carbocycles. The lowest BCUT2D eigenvalue weighted by molar-refractivity contribution is 0.391. The predicted molar refractivity (Wildman–Crippen MR) is 107 cm³/mol. The first kappa shape index (κ1) is 23.2. The van der Waals surface area contributed by atoms with Crippen LogP contribution in [0.1, 0.15) is 117 Å². The zero-order valence-electron chi connectivity index (χ0n) is 16.5. The minimum atomic E-state index is -0.457. The summed E-state index contributed by atoms with van der Waals surface area (Å²) in [7, 11) is 0. The van der Waals surface area contributed by atoms with Crippen molar-refractivity contribution in [3.05, 3.63) is 12.2 Å². The van der Waals surface area contributed by atoms with Crippen molar-refractivity contribution in [2.75, 3.05) is 0 Å². The summed E-state index contributed by atoms with van der Waals surface area (Å²) in [4.78, 5) is 0. The Kier molecular flexibility index (Phi) is 15.2. The zero-order chi connectivity index (χ0) is 18.1. The van der Waals surface area contributed by atoms with Gasteiger partial charge in [0.1, 0.15) is 0 Å². The summed E-state index contributed by atoms with van der Waals surface area (Å²) in [5.41, 5.74) is 6.68. The van der Waals surface area contributed by atoms with Crippen LogP contribution in [0.2, 0.25) is 0 Å². The first-order valence-electron chi connectivity index (χ1n) is 10.5. The number of hydrogen-bond donors (Lipinski definition) is 1. The van der Waals surface area contributed by atoms with Crippen molar-refractivity contribution >= 4 is 0 Å². The highest BCUT2D eigenvalue weighted by Crippen LogP contribution is 2.27. The van der Waals surface area contributed by atoms with Crippen molar-refractivity contribution in [1.82, 2.24) is 0 Å². The van der Waals surface area contributed by atoms with E-state index >= 15 is 0 Å². The second kappa shape index (κ2) is 15.7. The molecule has 0 aliphatic heterocycles. The molecule has 0 bridgehead atoms. The SMILES string of the molecule is C=C(C#N)C(N)(CCCCCCCCC)CCCCCCCCC. The number of hydrogen-bond acceptors (Lipinski definition) is 2. The molecule has 140 valence electrons. The Morgan fingerprint density at radius 2 is 1.08 bits per heavy atom. The molecule has 0 aliphatic carbocycles. The molecule has 0 atom stereocenters.